The third-order valence-corrected chi connectivity index (χ3v) is 2.69. The summed E-state index contributed by atoms with van der Waals surface area (Å²) in [4.78, 5) is 15.7. The van der Waals surface area contributed by atoms with Crippen LogP contribution >= 0.6 is 0 Å². The van der Waals surface area contributed by atoms with Gasteiger partial charge >= 0.3 is 6.03 Å². The monoisotopic (exact) mass is 235 g/mol. The van der Waals surface area contributed by atoms with Crippen LogP contribution in [0.5, 0.6) is 0 Å². The Balaban J connectivity index is 2.84. The first-order chi connectivity index (χ1) is 8.20. The van der Waals surface area contributed by atoms with Crippen LogP contribution in [0.15, 0.2) is 30.3 Å². The molecule has 0 saturated carbocycles. The van der Waals surface area contributed by atoms with Gasteiger partial charge in [0.05, 0.1) is 0 Å². The molecule has 1 rings (SSSR count). The molecule has 4 heteroatoms. The SMILES string of the molecule is CCN(C)C(=O)N(CCCN)c1ccccc1. The normalized spacial score (nSPS) is 10.1. The van der Waals surface area contributed by atoms with Crippen molar-refractivity contribution >= 4 is 11.7 Å². The van der Waals surface area contributed by atoms with Gasteiger partial charge in [-0.3, -0.25) is 4.90 Å². The molecule has 0 heterocycles. The minimum Gasteiger partial charge on any atom is -0.330 e. The van der Waals surface area contributed by atoms with Crippen molar-refractivity contribution in [3.8, 4) is 0 Å². The summed E-state index contributed by atoms with van der Waals surface area (Å²) < 4.78 is 0. The zero-order chi connectivity index (χ0) is 12.7. The highest BCUT2D eigenvalue weighted by atomic mass is 16.2. The van der Waals surface area contributed by atoms with Gasteiger partial charge < -0.3 is 10.6 Å². The van der Waals surface area contributed by atoms with Gasteiger partial charge in [-0.2, -0.15) is 0 Å². The number of rotatable bonds is 5. The molecule has 17 heavy (non-hydrogen) atoms. The van der Waals surface area contributed by atoms with Gasteiger partial charge in [0.2, 0.25) is 0 Å². The van der Waals surface area contributed by atoms with Crippen LogP contribution in [0.25, 0.3) is 0 Å². The molecule has 0 radical (unpaired) electrons. The van der Waals surface area contributed by atoms with Crippen LogP contribution < -0.4 is 10.6 Å². The Morgan fingerprint density at radius 1 is 1.29 bits per heavy atom. The van der Waals surface area contributed by atoms with Crippen molar-refractivity contribution in [1.29, 1.82) is 0 Å². The average molecular weight is 235 g/mol. The van der Waals surface area contributed by atoms with Crippen molar-refractivity contribution in [2.45, 2.75) is 13.3 Å². The van der Waals surface area contributed by atoms with Gasteiger partial charge in [-0.25, -0.2) is 4.79 Å². The van der Waals surface area contributed by atoms with E-state index in [1.807, 2.05) is 37.3 Å². The molecule has 2 amide bonds. The summed E-state index contributed by atoms with van der Waals surface area (Å²) in [5.74, 6) is 0. The Kier molecular flexibility index (Phi) is 5.49. The predicted octanol–water partition coefficient (Wildman–Crippen LogP) is 1.91. The lowest BCUT2D eigenvalue weighted by Crippen LogP contribution is -2.42. The lowest BCUT2D eigenvalue weighted by atomic mass is 10.2. The number of hydrogen-bond acceptors (Lipinski definition) is 2. The number of amides is 2. The van der Waals surface area contributed by atoms with Crippen molar-refractivity contribution in [2.24, 2.45) is 5.73 Å². The molecule has 0 aliphatic heterocycles. The second kappa shape index (κ2) is 6.91. The molecule has 0 unspecified atom stereocenters. The van der Waals surface area contributed by atoms with Crippen LogP contribution in [0.2, 0.25) is 0 Å². The summed E-state index contributed by atoms with van der Waals surface area (Å²) in [6.45, 7) is 3.91. The molecule has 0 atom stereocenters. The van der Waals surface area contributed by atoms with E-state index in [1.54, 1.807) is 16.8 Å². The van der Waals surface area contributed by atoms with Gasteiger partial charge in [-0.15, -0.1) is 0 Å². The third-order valence-electron chi connectivity index (χ3n) is 2.69. The fourth-order valence-electron chi connectivity index (χ4n) is 1.53. The Labute approximate surface area is 103 Å². The summed E-state index contributed by atoms with van der Waals surface area (Å²) in [5.41, 5.74) is 6.43. The van der Waals surface area contributed by atoms with E-state index < -0.39 is 0 Å². The standard InChI is InChI=1S/C13H21N3O/c1-3-15(2)13(17)16(11-7-10-14)12-8-5-4-6-9-12/h4-6,8-9H,3,7,10-11,14H2,1-2H3. The van der Waals surface area contributed by atoms with Crippen LogP contribution in [0.1, 0.15) is 13.3 Å². The van der Waals surface area contributed by atoms with Crippen molar-refractivity contribution in [2.75, 3.05) is 31.6 Å². The fraction of sp³-hybridized carbons (Fsp3) is 0.462. The molecule has 0 spiro atoms. The van der Waals surface area contributed by atoms with Crippen LogP contribution in [-0.2, 0) is 0 Å². The first-order valence-electron chi connectivity index (χ1n) is 5.98. The Hall–Kier alpha value is -1.55. The molecule has 2 N–H and O–H groups in total. The number of benzene rings is 1. The molecule has 0 aliphatic carbocycles. The van der Waals surface area contributed by atoms with Gasteiger partial charge in [-0.05, 0) is 32.0 Å². The second-order valence-electron chi connectivity index (χ2n) is 3.93. The van der Waals surface area contributed by atoms with Gasteiger partial charge in [0.1, 0.15) is 0 Å². The maximum atomic E-state index is 12.2. The number of carbonyl (C=O) groups excluding carboxylic acids is 1. The summed E-state index contributed by atoms with van der Waals surface area (Å²) >= 11 is 0. The van der Waals surface area contributed by atoms with Gasteiger partial charge in [0.25, 0.3) is 0 Å². The third kappa shape index (κ3) is 3.75. The number of para-hydroxylation sites is 1. The quantitative estimate of drug-likeness (QED) is 0.847. The molecule has 0 aromatic heterocycles. The molecule has 4 nitrogen and oxygen atoms in total. The Morgan fingerprint density at radius 2 is 1.94 bits per heavy atom. The van der Waals surface area contributed by atoms with Crippen LogP contribution in [0.3, 0.4) is 0 Å². The number of nitrogens with zero attached hydrogens (tertiary/aromatic N) is 2. The molecule has 94 valence electrons. The summed E-state index contributed by atoms with van der Waals surface area (Å²) in [7, 11) is 1.81. The highest BCUT2D eigenvalue weighted by molar-refractivity contribution is 5.91. The molecule has 0 fully saturated rings. The van der Waals surface area contributed by atoms with Crippen molar-refractivity contribution in [3.63, 3.8) is 0 Å². The number of urea groups is 1. The fourth-order valence-corrected chi connectivity index (χ4v) is 1.53. The van der Waals surface area contributed by atoms with Gasteiger partial charge in [-0.1, -0.05) is 18.2 Å². The minimum atomic E-state index is 0.0205. The topological polar surface area (TPSA) is 49.6 Å². The van der Waals surface area contributed by atoms with Gasteiger partial charge in [0.15, 0.2) is 0 Å². The number of hydrogen-bond donors (Lipinski definition) is 1. The molecule has 0 aliphatic rings. The van der Waals surface area contributed by atoms with E-state index >= 15 is 0 Å². The number of carbonyl (C=O) groups is 1. The van der Waals surface area contributed by atoms with Crippen molar-refractivity contribution in [3.05, 3.63) is 30.3 Å². The minimum absolute atomic E-state index is 0.0205. The Morgan fingerprint density at radius 3 is 2.47 bits per heavy atom. The molecule has 0 saturated heterocycles. The van der Waals surface area contributed by atoms with Gasteiger partial charge in [0, 0.05) is 25.8 Å². The molecule has 1 aromatic carbocycles. The molecular formula is C13H21N3O. The number of nitrogens with two attached hydrogens (primary N) is 1. The number of anilines is 1. The summed E-state index contributed by atoms with van der Waals surface area (Å²) in [6.07, 6.45) is 0.804. The van der Waals surface area contributed by atoms with E-state index in [0.717, 1.165) is 12.1 Å². The maximum absolute atomic E-state index is 12.2. The Bertz CT molecular complexity index is 340. The van der Waals surface area contributed by atoms with Crippen LogP contribution in [0.4, 0.5) is 10.5 Å². The van der Waals surface area contributed by atoms with E-state index in [-0.39, 0.29) is 6.03 Å². The highest BCUT2D eigenvalue weighted by Crippen LogP contribution is 2.15. The van der Waals surface area contributed by atoms with Crippen LogP contribution in [0, 0.1) is 0 Å². The van der Waals surface area contributed by atoms with E-state index in [2.05, 4.69) is 0 Å². The highest BCUT2D eigenvalue weighted by Gasteiger charge is 2.17. The largest absolute Gasteiger partial charge is 0.330 e. The zero-order valence-electron chi connectivity index (χ0n) is 10.6. The van der Waals surface area contributed by atoms with E-state index in [4.69, 9.17) is 5.73 Å². The van der Waals surface area contributed by atoms with Crippen molar-refractivity contribution < 1.29 is 4.79 Å². The maximum Gasteiger partial charge on any atom is 0.324 e. The first-order valence-corrected chi connectivity index (χ1v) is 5.98. The lowest BCUT2D eigenvalue weighted by Gasteiger charge is -2.27. The summed E-state index contributed by atoms with van der Waals surface area (Å²) in [6, 6.07) is 9.72. The van der Waals surface area contributed by atoms with Crippen LogP contribution in [-0.4, -0.2) is 37.6 Å². The summed E-state index contributed by atoms with van der Waals surface area (Å²) in [5, 5.41) is 0. The van der Waals surface area contributed by atoms with Crippen molar-refractivity contribution in [1.82, 2.24) is 4.90 Å². The zero-order valence-corrected chi connectivity index (χ0v) is 10.6. The average Bonchev–Trinajstić information content (AvgIpc) is 2.39. The van der Waals surface area contributed by atoms with E-state index in [9.17, 15) is 4.79 Å². The second-order valence-corrected chi connectivity index (χ2v) is 3.93. The molecule has 1 aromatic rings. The lowest BCUT2D eigenvalue weighted by molar-refractivity contribution is 0.217. The molecular weight excluding hydrogens is 214 g/mol. The van der Waals surface area contributed by atoms with E-state index in [1.165, 1.54) is 0 Å². The molecule has 0 bridgehead atoms. The first kappa shape index (κ1) is 13.5. The smallest absolute Gasteiger partial charge is 0.324 e. The predicted molar refractivity (Wildman–Crippen MR) is 71.2 cm³/mol. The van der Waals surface area contributed by atoms with E-state index in [0.29, 0.717) is 19.6 Å².